The van der Waals surface area contributed by atoms with Gasteiger partial charge in [-0.3, -0.25) is 4.79 Å². The smallest absolute Gasteiger partial charge is 0.251 e. The summed E-state index contributed by atoms with van der Waals surface area (Å²) in [6.07, 6.45) is 0. The molecule has 0 radical (unpaired) electrons. The number of carbonyl (C=O) groups excluding carboxylic acids is 1. The van der Waals surface area contributed by atoms with Gasteiger partial charge in [-0.1, -0.05) is 0 Å². The van der Waals surface area contributed by atoms with Crippen molar-refractivity contribution in [2.75, 3.05) is 13.6 Å². The molecule has 1 aromatic rings. The average Bonchev–Trinajstić information content (AvgIpc) is 2.29. The Morgan fingerprint density at radius 1 is 1.53 bits per heavy atom. The van der Waals surface area contributed by atoms with Gasteiger partial charge in [0, 0.05) is 18.2 Å². The van der Waals surface area contributed by atoms with Gasteiger partial charge in [-0.2, -0.15) is 0 Å². The molecular weight excluding hydrogens is 310 g/mol. The molecule has 6 heteroatoms. The van der Waals surface area contributed by atoms with Crippen molar-refractivity contribution in [3.8, 4) is 0 Å². The highest BCUT2D eigenvalue weighted by Crippen LogP contribution is 2.16. The second kappa shape index (κ2) is 7.63. The van der Waals surface area contributed by atoms with E-state index in [1.165, 1.54) is 12.1 Å². The maximum atomic E-state index is 13.2. The molecule has 17 heavy (non-hydrogen) atoms. The Balaban J connectivity index is 0.00000256. The molecule has 2 N–H and O–H groups in total. The zero-order valence-corrected chi connectivity index (χ0v) is 12.0. The highest BCUT2D eigenvalue weighted by atomic mass is 79.9. The van der Waals surface area contributed by atoms with Gasteiger partial charge in [0.25, 0.3) is 5.91 Å². The van der Waals surface area contributed by atoms with E-state index in [1.54, 1.807) is 6.07 Å². The maximum absolute atomic E-state index is 13.2. The van der Waals surface area contributed by atoms with Crippen LogP contribution in [-0.4, -0.2) is 25.5 Å². The Morgan fingerprint density at radius 2 is 2.18 bits per heavy atom. The zero-order chi connectivity index (χ0) is 12.1. The molecule has 1 amide bonds. The fourth-order valence-corrected chi connectivity index (χ4v) is 1.33. The van der Waals surface area contributed by atoms with Gasteiger partial charge in [0.05, 0.1) is 4.47 Å². The summed E-state index contributed by atoms with van der Waals surface area (Å²) in [7, 11) is 1.82. The molecule has 96 valence electrons. The van der Waals surface area contributed by atoms with Gasteiger partial charge in [-0.25, -0.2) is 4.39 Å². The van der Waals surface area contributed by atoms with Crippen LogP contribution in [0.15, 0.2) is 22.7 Å². The molecule has 0 spiro atoms. The van der Waals surface area contributed by atoms with Crippen molar-refractivity contribution >= 4 is 34.2 Å². The van der Waals surface area contributed by atoms with Gasteiger partial charge in [0.15, 0.2) is 0 Å². The molecule has 0 saturated heterocycles. The number of hydrogen-bond donors (Lipinski definition) is 2. The predicted molar refractivity (Wildman–Crippen MR) is 72.2 cm³/mol. The second-order valence-electron chi connectivity index (χ2n) is 3.53. The van der Waals surface area contributed by atoms with Crippen LogP contribution in [0.2, 0.25) is 0 Å². The van der Waals surface area contributed by atoms with Gasteiger partial charge >= 0.3 is 0 Å². The minimum Gasteiger partial charge on any atom is -0.350 e. The largest absolute Gasteiger partial charge is 0.350 e. The highest BCUT2D eigenvalue weighted by Gasteiger charge is 2.09. The van der Waals surface area contributed by atoms with E-state index in [-0.39, 0.29) is 24.4 Å². The van der Waals surface area contributed by atoms with Crippen molar-refractivity contribution in [2.45, 2.75) is 13.0 Å². The summed E-state index contributed by atoms with van der Waals surface area (Å²) in [5.74, 6) is -0.706. The van der Waals surface area contributed by atoms with Crippen molar-refractivity contribution in [3.05, 3.63) is 34.1 Å². The van der Waals surface area contributed by atoms with Gasteiger partial charge in [-0.15, -0.1) is 12.4 Å². The van der Waals surface area contributed by atoms with Crippen molar-refractivity contribution < 1.29 is 9.18 Å². The van der Waals surface area contributed by atoms with Crippen molar-refractivity contribution in [3.63, 3.8) is 0 Å². The lowest BCUT2D eigenvalue weighted by Gasteiger charge is -2.11. The van der Waals surface area contributed by atoms with Crippen LogP contribution in [-0.2, 0) is 0 Å². The monoisotopic (exact) mass is 324 g/mol. The molecule has 1 atom stereocenters. The molecule has 0 fully saturated rings. The fraction of sp³-hybridized carbons (Fsp3) is 0.364. The van der Waals surface area contributed by atoms with E-state index in [4.69, 9.17) is 0 Å². The number of benzene rings is 1. The Bertz CT molecular complexity index is 390. The summed E-state index contributed by atoms with van der Waals surface area (Å²) in [5, 5.41) is 5.71. The lowest BCUT2D eigenvalue weighted by Crippen LogP contribution is -2.37. The topological polar surface area (TPSA) is 41.1 Å². The third-order valence-corrected chi connectivity index (χ3v) is 2.89. The zero-order valence-electron chi connectivity index (χ0n) is 9.59. The summed E-state index contributed by atoms with van der Waals surface area (Å²) < 4.78 is 13.5. The summed E-state index contributed by atoms with van der Waals surface area (Å²) in [6.45, 7) is 2.45. The van der Waals surface area contributed by atoms with Crippen LogP contribution in [0.1, 0.15) is 17.3 Å². The lowest BCUT2D eigenvalue weighted by atomic mass is 10.2. The normalized spacial score (nSPS) is 11.5. The molecule has 0 heterocycles. The molecule has 1 rings (SSSR count). The van der Waals surface area contributed by atoms with Crippen LogP contribution in [0, 0.1) is 5.82 Å². The summed E-state index contributed by atoms with van der Waals surface area (Å²) in [4.78, 5) is 11.6. The number of amides is 1. The molecule has 0 aromatic heterocycles. The van der Waals surface area contributed by atoms with Gasteiger partial charge < -0.3 is 10.6 Å². The highest BCUT2D eigenvalue weighted by molar-refractivity contribution is 9.10. The third-order valence-electron chi connectivity index (χ3n) is 2.24. The number of halogens is 3. The summed E-state index contributed by atoms with van der Waals surface area (Å²) in [6, 6.07) is 4.49. The minimum atomic E-state index is -0.436. The van der Waals surface area contributed by atoms with Crippen LogP contribution in [0.5, 0.6) is 0 Å². The van der Waals surface area contributed by atoms with E-state index >= 15 is 0 Å². The minimum absolute atomic E-state index is 0. The average molecular weight is 326 g/mol. The maximum Gasteiger partial charge on any atom is 0.251 e. The summed E-state index contributed by atoms with van der Waals surface area (Å²) in [5.41, 5.74) is 0.323. The number of carbonyl (C=O) groups is 1. The van der Waals surface area contributed by atoms with Gasteiger partial charge in [-0.05, 0) is 48.1 Å². The number of likely N-dealkylation sites (N-methyl/N-ethyl adjacent to an activating group) is 1. The molecule has 1 aromatic carbocycles. The first kappa shape index (κ1) is 16.4. The van der Waals surface area contributed by atoms with Crippen LogP contribution in [0.3, 0.4) is 0 Å². The first-order chi connectivity index (χ1) is 7.54. The van der Waals surface area contributed by atoms with Gasteiger partial charge in [0.1, 0.15) is 5.82 Å². The third kappa shape index (κ3) is 5.02. The van der Waals surface area contributed by atoms with Crippen LogP contribution in [0.25, 0.3) is 0 Å². The van der Waals surface area contributed by atoms with Crippen molar-refractivity contribution in [1.82, 2.24) is 10.6 Å². The number of rotatable bonds is 4. The van der Waals surface area contributed by atoms with Crippen molar-refractivity contribution in [2.24, 2.45) is 0 Å². The van der Waals surface area contributed by atoms with E-state index in [2.05, 4.69) is 26.6 Å². The van der Waals surface area contributed by atoms with E-state index in [0.29, 0.717) is 16.6 Å². The quantitative estimate of drug-likeness (QED) is 0.892. The fourth-order valence-electron chi connectivity index (χ4n) is 1.09. The van der Waals surface area contributed by atoms with E-state index in [9.17, 15) is 9.18 Å². The van der Waals surface area contributed by atoms with Crippen LogP contribution in [0.4, 0.5) is 4.39 Å². The Kier molecular flexibility index (Phi) is 7.34. The second-order valence-corrected chi connectivity index (χ2v) is 4.38. The molecule has 0 aliphatic carbocycles. The molecule has 3 nitrogen and oxygen atoms in total. The van der Waals surface area contributed by atoms with Crippen molar-refractivity contribution in [1.29, 1.82) is 0 Å². The van der Waals surface area contributed by atoms with Crippen LogP contribution < -0.4 is 10.6 Å². The van der Waals surface area contributed by atoms with E-state index < -0.39 is 5.82 Å². The Morgan fingerprint density at radius 3 is 2.71 bits per heavy atom. The van der Waals surface area contributed by atoms with Gasteiger partial charge in [0.2, 0.25) is 0 Å². The van der Waals surface area contributed by atoms with E-state index in [1.807, 2.05) is 14.0 Å². The van der Waals surface area contributed by atoms with Crippen LogP contribution >= 0.6 is 28.3 Å². The Labute approximate surface area is 115 Å². The first-order valence-corrected chi connectivity index (χ1v) is 5.74. The molecule has 0 aliphatic heterocycles. The standard InChI is InChI=1S/C11H14BrFN2O.ClH/c1-7(14-2)6-15-11(16)8-3-4-9(12)10(13)5-8;/h3-5,7,14H,6H2,1-2H3,(H,15,16);1H. The molecule has 1 unspecified atom stereocenters. The molecule has 0 bridgehead atoms. The molecular formula is C11H15BrClFN2O. The number of nitrogens with one attached hydrogen (secondary N) is 2. The first-order valence-electron chi connectivity index (χ1n) is 4.95. The summed E-state index contributed by atoms with van der Waals surface area (Å²) >= 11 is 3.04. The van der Waals surface area contributed by atoms with E-state index in [0.717, 1.165) is 0 Å². The lowest BCUT2D eigenvalue weighted by molar-refractivity contribution is 0.0950. The Hall–Kier alpha value is -0.650. The predicted octanol–water partition coefficient (Wildman–Crippen LogP) is 2.35. The molecule has 0 aliphatic rings. The SMILES string of the molecule is CNC(C)CNC(=O)c1ccc(Br)c(F)c1.Cl. The number of hydrogen-bond acceptors (Lipinski definition) is 2. The molecule has 0 saturated carbocycles.